The number of likely N-dealkylation sites (tertiary alicyclic amines) is 1. The summed E-state index contributed by atoms with van der Waals surface area (Å²) in [4.78, 5) is 70.7. The molecular weight excluding hydrogens is 620 g/mol. The first-order valence-electron chi connectivity index (χ1n) is 16.9. The Hall–Kier alpha value is -3.19. The van der Waals surface area contributed by atoms with Crippen LogP contribution in [0.1, 0.15) is 88.0 Å². The molecule has 1 fully saturated rings. The number of carboxylic acids is 1. The molecule has 0 radical (unpaired) electrons. The van der Waals surface area contributed by atoms with E-state index in [1.54, 1.807) is 51.5 Å². The van der Waals surface area contributed by atoms with Crippen molar-refractivity contribution in [1.29, 1.82) is 0 Å². The van der Waals surface area contributed by atoms with E-state index >= 15 is 0 Å². The topological polar surface area (TPSA) is 155 Å². The molecule has 8 unspecified atom stereocenters. The van der Waals surface area contributed by atoms with Crippen LogP contribution in [0.25, 0.3) is 0 Å². The van der Waals surface area contributed by atoms with Crippen LogP contribution >= 0.6 is 0 Å². The Kier molecular flexibility index (Phi) is 16.5. The third-order valence-electron chi connectivity index (χ3n) is 9.25. The highest BCUT2D eigenvalue weighted by atomic mass is 16.6. The van der Waals surface area contributed by atoms with E-state index in [1.807, 2.05) is 27.7 Å². The second-order valence-electron chi connectivity index (χ2n) is 14.5. The molecular formula is C35H62N4O9. The lowest BCUT2D eigenvalue weighted by Gasteiger charge is -2.41. The summed E-state index contributed by atoms with van der Waals surface area (Å²) in [7, 11) is 6.06. The number of amides is 4. The summed E-state index contributed by atoms with van der Waals surface area (Å²) in [5, 5.41) is 12.5. The smallest absolute Gasteiger partial charge is 0.410 e. The Bertz CT molecular complexity index is 1140. The number of methoxy groups -OCH3 is 2. The van der Waals surface area contributed by atoms with Crippen LogP contribution in [0.3, 0.4) is 0 Å². The molecule has 0 aliphatic carbocycles. The summed E-state index contributed by atoms with van der Waals surface area (Å²) >= 11 is 0. The van der Waals surface area contributed by atoms with E-state index in [-0.39, 0.29) is 30.1 Å². The van der Waals surface area contributed by atoms with Crippen LogP contribution in [0, 0.1) is 17.8 Å². The van der Waals surface area contributed by atoms with Crippen molar-refractivity contribution in [3.63, 3.8) is 0 Å². The average Bonchev–Trinajstić information content (AvgIpc) is 3.47. The van der Waals surface area contributed by atoms with Crippen molar-refractivity contribution < 1.29 is 43.3 Å². The number of carbonyl (C=O) groups is 5. The molecule has 48 heavy (non-hydrogen) atoms. The minimum absolute atomic E-state index is 0.0331. The molecule has 0 aromatic rings. The van der Waals surface area contributed by atoms with Crippen LogP contribution in [0.2, 0.25) is 0 Å². The molecule has 13 heteroatoms. The third kappa shape index (κ3) is 11.2. The van der Waals surface area contributed by atoms with Gasteiger partial charge in [-0.15, -0.1) is 0 Å². The van der Waals surface area contributed by atoms with Gasteiger partial charge in [-0.3, -0.25) is 24.1 Å². The largest absolute Gasteiger partial charge is 0.481 e. The highest BCUT2D eigenvalue weighted by molar-refractivity contribution is 5.93. The molecule has 1 aliphatic heterocycles. The molecule has 1 aliphatic rings. The fourth-order valence-electron chi connectivity index (χ4n) is 6.43. The van der Waals surface area contributed by atoms with Gasteiger partial charge in [-0.05, 0) is 64.9 Å². The maximum absolute atomic E-state index is 14.2. The number of hydrogen-bond acceptors (Lipinski definition) is 8. The van der Waals surface area contributed by atoms with Gasteiger partial charge in [0, 0.05) is 34.9 Å². The normalized spacial score (nSPS) is 19.4. The lowest BCUT2D eigenvalue weighted by atomic mass is 9.89. The first kappa shape index (κ1) is 42.8. The van der Waals surface area contributed by atoms with Crippen LogP contribution in [0.4, 0.5) is 4.79 Å². The van der Waals surface area contributed by atoms with Gasteiger partial charge in [-0.25, -0.2) is 4.79 Å². The van der Waals surface area contributed by atoms with E-state index in [1.165, 1.54) is 26.2 Å². The summed E-state index contributed by atoms with van der Waals surface area (Å²) in [5.41, 5.74) is -0.378. The first-order valence-corrected chi connectivity index (χ1v) is 16.9. The molecule has 1 saturated heterocycles. The predicted octanol–water partition coefficient (Wildman–Crippen LogP) is 3.94. The van der Waals surface area contributed by atoms with Gasteiger partial charge >= 0.3 is 12.1 Å². The zero-order valence-electron chi connectivity index (χ0n) is 31.5. The van der Waals surface area contributed by atoms with Crippen molar-refractivity contribution in [3.8, 4) is 0 Å². The van der Waals surface area contributed by atoms with Crippen molar-refractivity contribution in [2.75, 3.05) is 34.9 Å². The summed E-state index contributed by atoms with van der Waals surface area (Å²) in [6.07, 6.45) is -0.0677. The number of nitrogens with zero attached hydrogens (tertiary/aromatic N) is 3. The minimum Gasteiger partial charge on any atom is -0.481 e. The molecule has 276 valence electrons. The van der Waals surface area contributed by atoms with Gasteiger partial charge in [-0.1, -0.05) is 40.7 Å². The third-order valence-corrected chi connectivity index (χ3v) is 9.25. The van der Waals surface area contributed by atoms with Gasteiger partial charge < -0.3 is 34.4 Å². The minimum atomic E-state index is -1.08. The van der Waals surface area contributed by atoms with Crippen LogP contribution < -0.4 is 5.32 Å². The zero-order chi connectivity index (χ0) is 37.3. The Labute approximate surface area is 287 Å². The molecule has 0 spiro atoms. The molecule has 13 nitrogen and oxygen atoms in total. The lowest BCUT2D eigenvalue weighted by Crippen LogP contribution is -2.60. The van der Waals surface area contributed by atoms with Gasteiger partial charge in [0.1, 0.15) is 17.7 Å². The highest BCUT2D eigenvalue weighted by Crippen LogP contribution is 2.29. The van der Waals surface area contributed by atoms with Crippen LogP contribution in [-0.2, 0) is 33.4 Å². The van der Waals surface area contributed by atoms with Gasteiger partial charge in [0.25, 0.3) is 0 Å². The number of hydrogen-bond donors (Lipinski definition) is 2. The second kappa shape index (κ2) is 18.5. The summed E-state index contributed by atoms with van der Waals surface area (Å²) in [6.45, 7) is 20.4. The Balaban J connectivity index is 3.32. The number of rotatable bonds is 17. The van der Waals surface area contributed by atoms with Crippen molar-refractivity contribution in [2.45, 2.75) is 130 Å². The number of carboxylic acid groups (broad SMARTS) is 1. The number of ether oxygens (including phenoxy) is 3. The number of aliphatic carboxylic acids is 1. The Morgan fingerprint density at radius 3 is 2.04 bits per heavy atom. The van der Waals surface area contributed by atoms with Crippen LogP contribution in [0.15, 0.2) is 12.2 Å². The van der Waals surface area contributed by atoms with E-state index in [0.29, 0.717) is 25.0 Å². The van der Waals surface area contributed by atoms with Crippen molar-refractivity contribution in [1.82, 2.24) is 20.0 Å². The molecule has 1 heterocycles. The van der Waals surface area contributed by atoms with Crippen LogP contribution in [0.5, 0.6) is 0 Å². The summed E-state index contributed by atoms with van der Waals surface area (Å²) in [5.74, 6) is -3.36. The van der Waals surface area contributed by atoms with E-state index in [9.17, 15) is 29.1 Å². The molecule has 0 aromatic heterocycles. The quantitative estimate of drug-likeness (QED) is 0.217. The zero-order valence-corrected chi connectivity index (χ0v) is 31.5. The predicted molar refractivity (Wildman–Crippen MR) is 183 cm³/mol. The standard InChI is InChI=1S/C35H62N4O9/c1-15-22(6)29(25(46-13)19-26(40)39-18-16-17-24(39)30(47-14)23(7)33(43)44)37(11)32(42)27(20(2)3)36-31(41)28(21(4)5)38(12)34(45)48-35(8,9)10/h20,22-25,27-30H,4,15-19H2,1-3,5-14H3,(H,36,41)(H,43,44). The van der Waals surface area contributed by atoms with E-state index in [2.05, 4.69) is 11.9 Å². The molecule has 0 bridgehead atoms. The maximum atomic E-state index is 14.2. The summed E-state index contributed by atoms with van der Waals surface area (Å²) in [6, 6.07) is -2.97. The number of nitrogens with one attached hydrogen (secondary N) is 1. The fraction of sp³-hybridized carbons (Fsp3) is 0.800. The SMILES string of the molecule is C=C(C)C(C(=O)NC(C(=O)N(C)C(C(C)CC)C(CC(=O)N1CCCC1C(OC)C(C)C(=O)O)OC)C(C)C)N(C)C(=O)OC(C)(C)C. The molecule has 8 atom stereocenters. The fourth-order valence-corrected chi connectivity index (χ4v) is 6.43. The molecule has 1 rings (SSSR count). The maximum Gasteiger partial charge on any atom is 0.410 e. The van der Waals surface area contributed by atoms with Gasteiger partial charge in [0.2, 0.25) is 17.7 Å². The average molecular weight is 683 g/mol. The van der Waals surface area contributed by atoms with E-state index in [4.69, 9.17) is 14.2 Å². The highest BCUT2D eigenvalue weighted by Gasteiger charge is 2.43. The van der Waals surface area contributed by atoms with E-state index in [0.717, 1.165) is 6.42 Å². The number of likely N-dealkylation sites (N-methyl/N-ethyl adjacent to an activating group) is 2. The van der Waals surface area contributed by atoms with Gasteiger partial charge in [0.05, 0.1) is 36.6 Å². The Morgan fingerprint density at radius 1 is 1.02 bits per heavy atom. The summed E-state index contributed by atoms with van der Waals surface area (Å²) < 4.78 is 16.9. The Morgan fingerprint density at radius 2 is 1.60 bits per heavy atom. The molecule has 4 amide bonds. The number of carbonyl (C=O) groups excluding carboxylic acids is 4. The first-order chi connectivity index (χ1) is 22.1. The molecule has 0 saturated carbocycles. The van der Waals surface area contributed by atoms with Gasteiger partial charge in [0.15, 0.2) is 0 Å². The van der Waals surface area contributed by atoms with Crippen molar-refractivity contribution >= 4 is 29.8 Å². The van der Waals surface area contributed by atoms with Gasteiger partial charge in [-0.2, -0.15) is 0 Å². The van der Waals surface area contributed by atoms with E-state index < -0.39 is 65.9 Å². The lowest BCUT2D eigenvalue weighted by molar-refractivity contribution is -0.152. The van der Waals surface area contributed by atoms with Crippen molar-refractivity contribution in [3.05, 3.63) is 12.2 Å². The molecule has 0 aromatic carbocycles. The molecule has 2 N–H and O–H groups in total. The van der Waals surface area contributed by atoms with Crippen molar-refractivity contribution in [2.24, 2.45) is 17.8 Å². The monoisotopic (exact) mass is 682 g/mol. The van der Waals surface area contributed by atoms with Crippen LogP contribution in [-0.4, -0.2) is 126 Å². The second-order valence-corrected chi connectivity index (χ2v) is 14.5.